The van der Waals surface area contributed by atoms with E-state index in [2.05, 4.69) is 10.5 Å². The zero-order chi connectivity index (χ0) is 26.3. The van der Waals surface area contributed by atoms with Crippen molar-refractivity contribution in [3.63, 3.8) is 0 Å². The molecule has 0 fully saturated rings. The zero-order valence-corrected chi connectivity index (χ0v) is 21.7. The van der Waals surface area contributed by atoms with Crippen LogP contribution < -0.4 is 10.2 Å². The van der Waals surface area contributed by atoms with Crippen molar-refractivity contribution in [2.75, 3.05) is 20.2 Å². The molecule has 3 rings (SSSR count). The number of nitrogens with zero attached hydrogens (tertiary/aromatic N) is 2. The van der Waals surface area contributed by atoms with Gasteiger partial charge in [0.15, 0.2) is 11.5 Å². The molecule has 0 spiro atoms. The molecule has 0 radical (unpaired) electrons. The second kappa shape index (κ2) is 11.8. The summed E-state index contributed by atoms with van der Waals surface area (Å²) in [5, 5.41) is 14.1. The highest BCUT2D eigenvalue weighted by molar-refractivity contribution is 7.89. The molecule has 0 unspecified atom stereocenters. The van der Waals surface area contributed by atoms with Crippen molar-refractivity contribution < 1.29 is 23.1 Å². The number of aryl methyl sites for hydroxylation is 3. The number of phenolic OH excluding ortho intramolecular Hbond substituents is 1. The van der Waals surface area contributed by atoms with E-state index in [1.54, 1.807) is 32.0 Å². The number of carbonyl (C=O) groups excluding carboxylic acids is 1. The molecule has 0 aromatic heterocycles. The quantitative estimate of drug-likeness (QED) is 0.320. The molecule has 0 atom stereocenters. The third-order valence-electron chi connectivity index (χ3n) is 5.66. The fourth-order valence-corrected chi connectivity index (χ4v) is 5.87. The van der Waals surface area contributed by atoms with Crippen LogP contribution in [0.5, 0.6) is 11.5 Å². The summed E-state index contributed by atoms with van der Waals surface area (Å²) in [5.74, 6) is -0.449. The number of phenols is 1. The minimum Gasteiger partial charge on any atom is -0.504 e. The molecule has 3 aromatic carbocycles. The standard InChI is InChI=1S/C27H31N3O5S/c1-19-15-20(2)27(21(3)16-19)36(33,34)30(14-13-22-9-6-5-7-10-22)18-25(31)29-28-17-23-11-8-12-24(35-4)26(23)32/h5-12,15-17,32H,13-14,18H2,1-4H3,(H,29,31)/b28-17+. The largest absolute Gasteiger partial charge is 0.504 e. The molecule has 190 valence electrons. The van der Waals surface area contributed by atoms with Crippen LogP contribution in [0.15, 0.2) is 70.7 Å². The Kier molecular flexibility index (Phi) is 8.84. The maximum atomic E-state index is 13.7. The molecule has 0 saturated heterocycles. The van der Waals surface area contributed by atoms with E-state index in [-0.39, 0.29) is 22.9 Å². The summed E-state index contributed by atoms with van der Waals surface area (Å²) < 4.78 is 33.7. The molecule has 1 amide bonds. The highest BCUT2D eigenvalue weighted by Crippen LogP contribution is 2.28. The fraction of sp³-hybridized carbons (Fsp3) is 0.259. The Morgan fingerprint density at radius 3 is 2.36 bits per heavy atom. The number of para-hydroxylation sites is 1. The van der Waals surface area contributed by atoms with E-state index < -0.39 is 22.5 Å². The molecule has 0 aliphatic rings. The van der Waals surface area contributed by atoms with Gasteiger partial charge in [-0.1, -0.05) is 54.1 Å². The van der Waals surface area contributed by atoms with Crippen molar-refractivity contribution in [3.8, 4) is 11.5 Å². The van der Waals surface area contributed by atoms with Crippen molar-refractivity contribution in [2.24, 2.45) is 5.10 Å². The monoisotopic (exact) mass is 509 g/mol. The predicted molar refractivity (Wildman–Crippen MR) is 140 cm³/mol. The topological polar surface area (TPSA) is 108 Å². The van der Waals surface area contributed by atoms with Gasteiger partial charge in [-0.3, -0.25) is 4.79 Å². The van der Waals surface area contributed by atoms with Gasteiger partial charge in [0.2, 0.25) is 10.0 Å². The first-order chi connectivity index (χ1) is 17.1. The summed E-state index contributed by atoms with van der Waals surface area (Å²) in [6.45, 7) is 5.13. The second-order valence-corrected chi connectivity index (χ2v) is 10.4. The number of rotatable bonds is 10. The molecule has 8 nitrogen and oxygen atoms in total. The molecule has 0 heterocycles. The van der Waals surface area contributed by atoms with Crippen LogP contribution in [0.2, 0.25) is 0 Å². The van der Waals surface area contributed by atoms with Crippen LogP contribution in [-0.4, -0.2) is 50.2 Å². The number of hydrazone groups is 1. The summed E-state index contributed by atoms with van der Waals surface area (Å²) in [7, 11) is -2.54. The zero-order valence-electron chi connectivity index (χ0n) is 20.9. The molecule has 2 N–H and O–H groups in total. The van der Waals surface area contributed by atoms with E-state index in [4.69, 9.17) is 4.74 Å². The highest BCUT2D eigenvalue weighted by atomic mass is 32.2. The van der Waals surface area contributed by atoms with Crippen molar-refractivity contribution in [1.29, 1.82) is 0 Å². The molecule has 9 heteroatoms. The summed E-state index contributed by atoms with van der Waals surface area (Å²) >= 11 is 0. The van der Waals surface area contributed by atoms with Crippen LogP contribution in [-0.2, 0) is 21.2 Å². The van der Waals surface area contributed by atoms with E-state index in [1.165, 1.54) is 17.6 Å². The third kappa shape index (κ3) is 6.50. The second-order valence-electron chi connectivity index (χ2n) is 8.49. The van der Waals surface area contributed by atoms with Gasteiger partial charge in [-0.15, -0.1) is 0 Å². The lowest BCUT2D eigenvalue weighted by Crippen LogP contribution is -2.41. The lowest BCUT2D eigenvalue weighted by atomic mass is 10.1. The van der Waals surface area contributed by atoms with Crippen molar-refractivity contribution in [2.45, 2.75) is 32.1 Å². The lowest BCUT2D eigenvalue weighted by molar-refractivity contribution is -0.121. The maximum Gasteiger partial charge on any atom is 0.255 e. The van der Waals surface area contributed by atoms with E-state index in [9.17, 15) is 18.3 Å². The Bertz CT molecular complexity index is 1330. The smallest absolute Gasteiger partial charge is 0.255 e. The first-order valence-electron chi connectivity index (χ1n) is 11.4. The van der Waals surface area contributed by atoms with Crippen LogP contribution in [0.25, 0.3) is 0 Å². The fourth-order valence-electron chi connectivity index (χ4n) is 4.06. The average molecular weight is 510 g/mol. The Balaban J connectivity index is 1.83. The van der Waals surface area contributed by atoms with E-state index >= 15 is 0 Å². The summed E-state index contributed by atoms with van der Waals surface area (Å²) in [5.41, 5.74) is 5.88. The van der Waals surface area contributed by atoms with Gasteiger partial charge < -0.3 is 9.84 Å². The minimum atomic E-state index is -3.97. The first kappa shape index (κ1) is 26.9. The van der Waals surface area contributed by atoms with Gasteiger partial charge in [-0.2, -0.15) is 9.41 Å². The number of methoxy groups -OCH3 is 1. The van der Waals surface area contributed by atoms with Crippen molar-refractivity contribution in [1.82, 2.24) is 9.73 Å². The van der Waals surface area contributed by atoms with Gasteiger partial charge in [0.1, 0.15) is 0 Å². The Labute approximate surface area is 212 Å². The van der Waals surface area contributed by atoms with Crippen LogP contribution in [0.3, 0.4) is 0 Å². The number of aromatic hydroxyl groups is 1. The number of carbonyl (C=O) groups is 1. The first-order valence-corrected chi connectivity index (χ1v) is 12.9. The molecule has 36 heavy (non-hydrogen) atoms. The number of hydrogen-bond donors (Lipinski definition) is 2. The summed E-state index contributed by atoms with van der Waals surface area (Å²) in [6.07, 6.45) is 1.71. The van der Waals surface area contributed by atoms with Gasteiger partial charge in [0, 0.05) is 12.1 Å². The highest BCUT2D eigenvalue weighted by Gasteiger charge is 2.29. The molecule has 3 aromatic rings. The minimum absolute atomic E-state index is 0.115. The number of nitrogens with one attached hydrogen (secondary N) is 1. The normalized spacial score (nSPS) is 11.7. The van der Waals surface area contributed by atoms with Gasteiger partial charge in [-0.05, 0) is 56.0 Å². The molecule has 0 bridgehead atoms. The van der Waals surface area contributed by atoms with Gasteiger partial charge in [0.05, 0.1) is 24.8 Å². The molecular weight excluding hydrogens is 478 g/mol. The number of amides is 1. The van der Waals surface area contributed by atoms with Gasteiger partial charge in [-0.25, -0.2) is 13.8 Å². The lowest BCUT2D eigenvalue weighted by Gasteiger charge is -2.24. The molecular formula is C27H31N3O5S. The SMILES string of the molecule is COc1cccc(/C=N/NC(=O)CN(CCc2ccccc2)S(=O)(=O)c2c(C)cc(C)cc2C)c1O. The number of ether oxygens (including phenoxy) is 1. The number of hydrogen-bond acceptors (Lipinski definition) is 6. The molecule has 0 aliphatic heterocycles. The molecule has 0 aliphatic carbocycles. The van der Waals surface area contributed by atoms with Crippen LogP contribution in [0, 0.1) is 20.8 Å². The maximum absolute atomic E-state index is 13.7. The summed E-state index contributed by atoms with van der Waals surface area (Å²) in [6, 6.07) is 18.0. The van der Waals surface area contributed by atoms with Crippen molar-refractivity contribution >= 4 is 22.1 Å². The van der Waals surface area contributed by atoms with Gasteiger partial charge >= 0.3 is 0 Å². The van der Waals surface area contributed by atoms with Gasteiger partial charge in [0.25, 0.3) is 5.91 Å². The van der Waals surface area contributed by atoms with Crippen LogP contribution in [0.1, 0.15) is 27.8 Å². The Morgan fingerprint density at radius 2 is 1.72 bits per heavy atom. The van der Waals surface area contributed by atoms with E-state index in [0.29, 0.717) is 23.1 Å². The van der Waals surface area contributed by atoms with E-state index in [0.717, 1.165) is 11.1 Å². The average Bonchev–Trinajstić information content (AvgIpc) is 2.82. The van der Waals surface area contributed by atoms with Crippen LogP contribution in [0.4, 0.5) is 0 Å². The van der Waals surface area contributed by atoms with Crippen LogP contribution >= 0.6 is 0 Å². The van der Waals surface area contributed by atoms with Crippen molar-refractivity contribution in [3.05, 3.63) is 88.5 Å². The summed E-state index contributed by atoms with van der Waals surface area (Å²) in [4.78, 5) is 13.0. The van der Waals surface area contributed by atoms with E-state index in [1.807, 2.05) is 49.4 Å². The number of sulfonamides is 1. The Morgan fingerprint density at radius 1 is 1.06 bits per heavy atom. The Hall–Kier alpha value is -3.69. The number of benzene rings is 3. The molecule has 0 saturated carbocycles. The third-order valence-corrected chi connectivity index (χ3v) is 7.81. The predicted octanol–water partition coefficient (Wildman–Crippen LogP) is 3.71.